The summed E-state index contributed by atoms with van der Waals surface area (Å²) >= 11 is 0. The van der Waals surface area contributed by atoms with E-state index in [1.165, 1.54) is 0 Å². The van der Waals surface area contributed by atoms with Gasteiger partial charge in [0.15, 0.2) is 11.6 Å². The maximum atomic E-state index is 13.0. The Kier molecular flexibility index (Phi) is 3.98. The number of fused-ring (bicyclic) bond motifs is 2. The van der Waals surface area contributed by atoms with E-state index in [1.807, 2.05) is 30.3 Å². The Morgan fingerprint density at radius 3 is 2.12 bits per heavy atom. The Bertz CT molecular complexity index is 1030. The molecule has 3 nitrogen and oxygen atoms in total. The molecule has 0 saturated carbocycles. The Morgan fingerprint density at radius 1 is 0.769 bits per heavy atom. The molecule has 0 bridgehead atoms. The standard InChI is InChI=1S/C23H17NO2/c1-2-15-10-12-16(13-11-15)14-24-20-9-5-8-19-21(20)23(26)18-7-4-3-6-17(18)22(19)25/h2-13,24H,1,14H2. The second-order valence-electron chi connectivity index (χ2n) is 6.23. The van der Waals surface area contributed by atoms with E-state index in [0.29, 0.717) is 34.5 Å². The quantitative estimate of drug-likeness (QED) is 0.585. The second-order valence-corrected chi connectivity index (χ2v) is 6.23. The average molecular weight is 339 g/mol. The first-order valence-electron chi connectivity index (χ1n) is 8.46. The first kappa shape index (κ1) is 16.0. The summed E-state index contributed by atoms with van der Waals surface area (Å²) in [6.07, 6.45) is 1.80. The highest BCUT2D eigenvalue weighted by Gasteiger charge is 2.31. The molecule has 0 unspecified atom stereocenters. The summed E-state index contributed by atoms with van der Waals surface area (Å²) in [7, 11) is 0. The number of carbonyl (C=O) groups excluding carboxylic acids is 2. The number of carbonyl (C=O) groups is 2. The molecule has 1 N–H and O–H groups in total. The average Bonchev–Trinajstić information content (AvgIpc) is 2.70. The normalized spacial score (nSPS) is 12.3. The minimum atomic E-state index is -0.111. The minimum absolute atomic E-state index is 0.103. The van der Waals surface area contributed by atoms with E-state index in [-0.39, 0.29) is 11.6 Å². The molecular weight excluding hydrogens is 322 g/mol. The van der Waals surface area contributed by atoms with Gasteiger partial charge in [-0.3, -0.25) is 9.59 Å². The molecule has 4 rings (SSSR count). The van der Waals surface area contributed by atoms with Gasteiger partial charge in [0.1, 0.15) is 0 Å². The Hall–Kier alpha value is -3.46. The van der Waals surface area contributed by atoms with E-state index in [4.69, 9.17) is 0 Å². The smallest absolute Gasteiger partial charge is 0.196 e. The van der Waals surface area contributed by atoms with E-state index in [0.717, 1.165) is 11.1 Å². The van der Waals surface area contributed by atoms with Gasteiger partial charge in [0.05, 0.1) is 5.56 Å². The number of nitrogens with one attached hydrogen (secondary N) is 1. The first-order chi connectivity index (χ1) is 12.7. The molecule has 0 fully saturated rings. The summed E-state index contributed by atoms with van der Waals surface area (Å²) in [4.78, 5) is 25.7. The zero-order chi connectivity index (χ0) is 18.1. The van der Waals surface area contributed by atoms with Gasteiger partial charge in [-0.15, -0.1) is 0 Å². The summed E-state index contributed by atoms with van der Waals surface area (Å²) in [5, 5.41) is 3.31. The molecule has 3 aromatic rings. The van der Waals surface area contributed by atoms with Gasteiger partial charge in [0.25, 0.3) is 0 Å². The summed E-state index contributed by atoms with van der Waals surface area (Å²) in [6.45, 7) is 4.32. The Morgan fingerprint density at radius 2 is 1.42 bits per heavy atom. The van der Waals surface area contributed by atoms with Gasteiger partial charge < -0.3 is 5.32 Å². The third kappa shape index (κ3) is 2.64. The van der Waals surface area contributed by atoms with Crippen molar-refractivity contribution in [3.63, 3.8) is 0 Å². The molecular formula is C23H17NO2. The Balaban J connectivity index is 1.68. The van der Waals surface area contributed by atoms with Gasteiger partial charge >= 0.3 is 0 Å². The van der Waals surface area contributed by atoms with E-state index in [2.05, 4.69) is 11.9 Å². The third-order valence-corrected chi connectivity index (χ3v) is 4.65. The highest BCUT2D eigenvalue weighted by Crippen LogP contribution is 2.32. The molecule has 0 aliphatic heterocycles. The second kappa shape index (κ2) is 6.45. The van der Waals surface area contributed by atoms with Gasteiger partial charge in [-0.05, 0) is 17.2 Å². The summed E-state index contributed by atoms with van der Waals surface area (Å²) < 4.78 is 0. The number of hydrogen-bond acceptors (Lipinski definition) is 3. The lowest BCUT2D eigenvalue weighted by Gasteiger charge is -2.20. The molecule has 1 aliphatic rings. The molecule has 1 aliphatic carbocycles. The maximum Gasteiger partial charge on any atom is 0.196 e. The van der Waals surface area contributed by atoms with Crippen LogP contribution in [0.1, 0.15) is 43.0 Å². The fourth-order valence-corrected chi connectivity index (χ4v) is 3.26. The van der Waals surface area contributed by atoms with Gasteiger partial charge in [0.2, 0.25) is 0 Å². The molecule has 26 heavy (non-hydrogen) atoms. The van der Waals surface area contributed by atoms with Crippen molar-refractivity contribution in [1.29, 1.82) is 0 Å². The predicted octanol–water partition coefficient (Wildman–Crippen LogP) is 4.72. The molecule has 0 spiro atoms. The van der Waals surface area contributed by atoms with Crippen molar-refractivity contribution in [3.05, 3.63) is 107 Å². The molecule has 0 aromatic heterocycles. The minimum Gasteiger partial charge on any atom is -0.380 e. The van der Waals surface area contributed by atoms with Crippen LogP contribution < -0.4 is 5.32 Å². The van der Waals surface area contributed by atoms with Crippen molar-refractivity contribution in [2.75, 3.05) is 5.32 Å². The number of rotatable bonds is 4. The summed E-state index contributed by atoms with van der Waals surface area (Å²) in [6, 6.07) is 20.4. The van der Waals surface area contributed by atoms with Crippen molar-refractivity contribution in [2.24, 2.45) is 0 Å². The topological polar surface area (TPSA) is 46.2 Å². The van der Waals surface area contributed by atoms with E-state index < -0.39 is 0 Å². The molecule has 0 saturated heterocycles. The van der Waals surface area contributed by atoms with Crippen molar-refractivity contribution in [2.45, 2.75) is 6.54 Å². The van der Waals surface area contributed by atoms with E-state index in [1.54, 1.807) is 42.5 Å². The first-order valence-corrected chi connectivity index (χ1v) is 8.46. The van der Waals surface area contributed by atoms with E-state index >= 15 is 0 Å². The van der Waals surface area contributed by atoms with Crippen LogP contribution in [0.15, 0.2) is 73.3 Å². The van der Waals surface area contributed by atoms with Crippen molar-refractivity contribution >= 4 is 23.3 Å². The van der Waals surface area contributed by atoms with Crippen LogP contribution in [0.4, 0.5) is 5.69 Å². The van der Waals surface area contributed by atoms with Crippen LogP contribution in [0.3, 0.4) is 0 Å². The fraction of sp³-hybridized carbons (Fsp3) is 0.0435. The van der Waals surface area contributed by atoms with Crippen LogP contribution in [0, 0.1) is 0 Å². The number of ketones is 2. The van der Waals surface area contributed by atoms with Crippen LogP contribution in [0.2, 0.25) is 0 Å². The zero-order valence-electron chi connectivity index (χ0n) is 14.2. The maximum absolute atomic E-state index is 13.0. The van der Waals surface area contributed by atoms with E-state index in [9.17, 15) is 9.59 Å². The van der Waals surface area contributed by atoms with Crippen LogP contribution in [-0.4, -0.2) is 11.6 Å². The molecule has 0 amide bonds. The fourth-order valence-electron chi connectivity index (χ4n) is 3.26. The molecule has 0 radical (unpaired) electrons. The molecule has 126 valence electrons. The van der Waals surface area contributed by atoms with Crippen LogP contribution in [0.5, 0.6) is 0 Å². The van der Waals surface area contributed by atoms with Gasteiger partial charge in [-0.25, -0.2) is 0 Å². The van der Waals surface area contributed by atoms with Gasteiger partial charge in [0, 0.05) is 28.9 Å². The molecule has 3 heteroatoms. The van der Waals surface area contributed by atoms with Crippen molar-refractivity contribution < 1.29 is 9.59 Å². The highest BCUT2D eigenvalue weighted by molar-refractivity contribution is 6.30. The predicted molar refractivity (Wildman–Crippen MR) is 104 cm³/mol. The molecule has 0 heterocycles. The third-order valence-electron chi connectivity index (χ3n) is 4.65. The monoisotopic (exact) mass is 339 g/mol. The lowest BCUT2D eigenvalue weighted by atomic mass is 9.83. The highest BCUT2D eigenvalue weighted by atomic mass is 16.1. The van der Waals surface area contributed by atoms with Crippen molar-refractivity contribution in [1.82, 2.24) is 0 Å². The zero-order valence-corrected chi connectivity index (χ0v) is 14.2. The largest absolute Gasteiger partial charge is 0.380 e. The van der Waals surface area contributed by atoms with Crippen LogP contribution >= 0.6 is 0 Å². The lowest BCUT2D eigenvalue weighted by Crippen LogP contribution is -2.22. The summed E-state index contributed by atoms with van der Waals surface area (Å²) in [5.41, 5.74) is 4.69. The van der Waals surface area contributed by atoms with Crippen LogP contribution in [0.25, 0.3) is 6.08 Å². The van der Waals surface area contributed by atoms with Gasteiger partial charge in [-0.2, -0.15) is 0 Å². The Labute approximate surface area is 152 Å². The molecule has 0 atom stereocenters. The van der Waals surface area contributed by atoms with Gasteiger partial charge in [-0.1, -0.05) is 73.3 Å². The van der Waals surface area contributed by atoms with Crippen molar-refractivity contribution in [3.8, 4) is 0 Å². The number of hydrogen-bond donors (Lipinski definition) is 1. The summed E-state index contributed by atoms with van der Waals surface area (Å²) in [5.74, 6) is -0.213. The SMILES string of the molecule is C=Cc1ccc(CNc2cccc3c2C(=O)c2ccccc2C3=O)cc1. The lowest BCUT2D eigenvalue weighted by molar-refractivity contribution is 0.0979. The molecule has 3 aromatic carbocycles. The number of anilines is 1. The number of benzene rings is 3. The van der Waals surface area contributed by atoms with Crippen LogP contribution in [-0.2, 0) is 6.54 Å².